The van der Waals surface area contributed by atoms with Gasteiger partial charge in [0.2, 0.25) is 0 Å². The molecule has 2 unspecified atom stereocenters. The van der Waals surface area contributed by atoms with Crippen LogP contribution < -0.4 is 0 Å². The molecule has 2 aliphatic heterocycles. The molecule has 0 radical (unpaired) electrons. The van der Waals surface area contributed by atoms with Crippen LogP contribution in [-0.2, 0) is 9.84 Å². The average Bonchev–Trinajstić information content (AvgIpc) is 3.08. The molecule has 6 nitrogen and oxygen atoms in total. The van der Waals surface area contributed by atoms with E-state index < -0.39 is 9.84 Å². The Morgan fingerprint density at radius 3 is 2.78 bits per heavy atom. The highest BCUT2D eigenvalue weighted by atomic mass is 32.2. The van der Waals surface area contributed by atoms with E-state index in [1.54, 1.807) is 10.9 Å². The summed E-state index contributed by atoms with van der Waals surface area (Å²) in [5, 5.41) is 4.33. The molecule has 3 heterocycles. The van der Waals surface area contributed by atoms with Crippen LogP contribution in [0.1, 0.15) is 61.1 Å². The quantitative estimate of drug-likeness (QED) is 0.844. The van der Waals surface area contributed by atoms with Gasteiger partial charge in [0.15, 0.2) is 9.84 Å². The predicted octanol–water partition coefficient (Wildman–Crippen LogP) is 1.96. The molecule has 1 amide bonds. The molecule has 0 saturated carbocycles. The number of piperidine rings is 1. The Kier molecular flexibility index (Phi) is 4.49. The molecule has 0 bridgehead atoms. The summed E-state index contributed by atoms with van der Waals surface area (Å²) in [6, 6.07) is 0.177. The summed E-state index contributed by atoms with van der Waals surface area (Å²) in [4.78, 5) is 14.9. The first-order valence-corrected chi connectivity index (χ1v) is 10.3. The van der Waals surface area contributed by atoms with Crippen molar-refractivity contribution in [3.8, 4) is 0 Å². The van der Waals surface area contributed by atoms with Gasteiger partial charge in [0.25, 0.3) is 5.91 Å². The number of amides is 1. The summed E-state index contributed by atoms with van der Waals surface area (Å²) in [5.74, 6) is 0.385. The summed E-state index contributed by atoms with van der Waals surface area (Å²) < 4.78 is 25.1. The maximum atomic E-state index is 12.9. The lowest BCUT2D eigenvalue weighted by molar-refractivity contribution is 0.0607. The summed E-state index contributed by atoms with van der Waals surface area (Å²) in [6.07, 6.45) is 6.47. The van der Waals surface area contributed by atoms with Gasteiger partial charge in [-0.2, -0.15) is 5.10 Å². The van der Waals surface area contributed by atoms with Crippen LogP contribution in [0.2, 0.25) is 0 Å². The molecule has 2 fully saturated rings. The SMILES string of the molecule is CCC1CCCCN1C(=O)c1cnn(C2CCS(=O)(=O)C2)c1C. The zero-order valence-corrected chi connectivity index (χ0v) is 14.7. The summed E-state index contributed by atoms with van der Waals surface area (Å²) in [6.45, 7) is 4.80. The second-order valence-electron chi connectivity index (χ2n) is 6.70. The molecule has 3 rings (SSSR count). The number of rotatable bonds is 3. The van der Waals surface area contributed by atoms with Crippen molar-refractivity contribution in [2.75, 3.05) is 18.1 Å². The molecule has 128 valence electrons. The van der Waals surface area contributed by atoms with Crippen LogP contribution in [0, 0.1) is 6.92 Å². The third-order valence-corrected chi connectivity index (χ3v) is 6.94. The number of nitrogens with zero attached hydrogens (tertiary/aromatic N) is 3. The van der Waals surface area contributed by atoms with E-state index in [0.29, 0.717) is 18.0 Å². The van der Waals surface area contributed by atoms with Gasteiger partial charge in [-0.05, 0) is 39.0 Å². The molecule has 2 atom stereocenters. The number of hydrogen-bond donors (Lipinski definition) is 0. The van der Waals surface area contributed by atoms with Crippen LogP contribution in [0.3, 0.4) is 0 Å². The zero-order valence-electron chi connectivity index (χ0n) is 13.9. The van der Waals surface area contributed by atoms with E-state index in [0.717, 1.165) is 31.5 Å². The number of sulfone groups is 1. The highest BCUT2D eigenvalue weighted by Crippen LogP contribution is 2.27. The second kappa shape index (κ2) is 6.26. The predicted molar refractivity (Wildman–Crippen MR) is 88.2 cm³/mol. The molecule has 0 aromatic carbocycles. The lowest BCUT2D eigenvalue weighted by atomic mass is 9.99. The van der Waals surface area contributed by atoms with Gasteiger partial charge in [-0.3, -0.25) is 9.48 Å². The number of carbonyl (C=O) groups is 1. The van der Waals surface area contributed by atoms with Crippen molar-refractivity contribution in [2.45, 2.75) is 58.0 Å². The van der Waals surface area contributed by atoms with E-state index in [2.05, 4.69) is 12.0 Å². The fourth-order valence-electron chi connectivity index (χ4n) is 3.82. The highest BCUT2D eigenvalue weighted by Gasteiger charge is 2.33. The molecule has 2 aliphatic rings. The topological polar surface area (TPSA) is 72.3 Å². The third-order valence-electron chi connectivity index (χ3n) is 5.19. The van der Waals surface area contributed by atoms with Crippen LogP contribution in [0.4, 0.5) is 0 Å². The Hall–Kier alpha value is -1.37. The van der Waals surface area contributed by atoms with Crippen LogP contribution in [0.5, 0.6) is 0 Å². The molecule has 2 saturated heterocycles. The van der Waals surface area contributed by atoms with E-state index in [9.17, 15) is 13.2 Å². The Morgan fingerprint density at radius 2 is 2.13 bits per heavy atom. The zero-order chi connectivity index (χ0) is 16.6. The molecule has 7 heteroatoms. The van der Waals surface area contributed by atoms with Crippen molar-refractivity contribution < 1.29 is 13.2 Å². The Labute approximate surface area is 137 Å². The van der Waals surface area contributed by atoms with E-state index >= 15 is 0 Å². The van der Waals surface area contributed by atoms with Crippen molar-refractivity contribution in [1.82, 2.24) is 14.7 Å². The Bertz CT molecular complexity index is 695. The molecular weight excluding hydrogens is 314 g/mol. The lowest BCUT2D eigenvalue weighted by Crippen LogP contribution is -2.43. The summed E-state index contributed by atoms with van der Waals surface area (Å²) >= 11 is 0. The number of likely N-dealkylation sites (tertiary alicyclic amines) is 1. The minimum Gasteiger partial charge on any atom is -0.336 e. The molecule has 0 spiro atoms. The molecule has 1 aromatic rings. The molecular formula is C16H25N3O3S. The number of aromatic nitrogens is 2. The fourth-order valence-corrected chi connectivity index (χ4v) is 5.51. The lowest BCUT2D eigenvalue weighted by Gasteiger charge is -2.35. The van der Waals surface area contributed by atoms with Crippen molar-refractivity contribution in [1.29, 1.82) is 0 Å². The maximum Gasteiger partial charge on any atom is 0.257 e. The Morgan fingerprint density at radius 1 is 1.35 bits per heavy atom. The minimum atomic E-state index is -2.96. The van der Waals surface area contributed by atoms with Gasteiger partial charge in [0.1, 0.15) is 0 Å². The second-order valence-corrected chi connectivity index (χ2v) is 8.93. The van der Waals surface area contributed by atoms with Crippen molar-refractivity contribution in [2.24, 2.45) is 0 Å². The van der Waals surface area contributed by atoms with Crippen LogP contribution in [0.25, 0.3) is 0 Å². The Balaban J connectivity index is 1.82. The van der Waals surface area contributed by atoms with E-state index in [1.807, 2.05) is 11.8 Å². The van der Waals surface area contributed by atoms with Crippen molar-refractivity contribution in [3.63, 3.8) is 0 Å². The smallest absolute Gasteiger partial charge is 0.257 e. The van der Waals surface area contributed by atoms with Gasteiger partial charge in [-0.15, -0.1) is 0 Å². The highest BCUT2D eigenvalue weighted by molar-refractivity contribution is 7.91. The van der Waals surface area contributed by atoms with Crippen molar-refractivity contribution in [3.05, 3.63) is 17.5 Å². The van der Waals surface area contributed by atoms with Gasteiger partial charge in [0.05, 0.1) is 29.3 Å². The minimum absolute atomic E-state index is 0.0427. The van der Waals surface area contributed by atoms with E-state index in [-0.39, 0.29) is 23.5 Å². The molecule has 1 aromatic heterocycles. The number of hydrogen-bond acceptors (Lipinski definition) is 4. The van der Waals surface area contributed by atoms with E-state index in [4.69, 9.17) is 0 Å². The molecule has 0 aliphatic carbocycles. The number of carbonyl (C=O) groups excluding carboxylic acids is 1. The fraction of sp³-hybridized carbons (Fsp3) is 0.750. The monoisotopic (exact) mass is 339 g/mol. The molecule has 0 N–H and O–H groups in total. The summed E-state index contributed by atoms with van der Waals surface area (Å²) in [7, 11) is -2.96. The van der Waals surface area contributed by atoms with Gasteiger partial charge >= 0.3 is 0 Å². The van der Waals surface area contributed by atoms with Gasteiger partial charge in [-0.25, -0.2) is 8.42 Å². The third kappa shape index (κ3) is 3.16. The van der Waals surface area contributed by atoms with Crippen LogP contribution >= 0.6 is 0 Å². The van der Waals surface area contributed by atoms with Gasteiger partial charge in [0, 0.05) is 18.3 Å². The van der Waals surface area contributed by atoms with Crippen LogP contribution in [-0.4, -0.2) is 53.1 Å². The largest absolute Gasteiger partial charge is 0.336 e. The normalized spacial score (nSPS) is 27.3. The van der Waals surface area contributed by atoms with Gasteiger partial charge < -0.3 is 4.90 Å². The summed E-state index contributed by atoms with van der Waals surface area (Å²) in [5.41, 5.74) is 1.41. The van der Waals surface area contributed by atoms with E-state index in [1.165, 1.54) is 6.42 Å². The first kappa shape index (κ1) is 16.5. The standard InChI is InChI=1S/C16H25N3O3S/c1-3-13-6-4-5-8-18(13)16(20)15-10-17-19(12(15)2)14-7-9-23(21,22)11-14/h10,13-14H,3-9,11H2,1-2H3. The first-order chi connectivity index (χ1) is 10.9. The van der Waals surface area contributed by atoms with Crippen molar-refractivity contribution >= 4 is 15.7 Å². The average molecular weight is 339 g/mol. The van der Waals surface area contributed by atoms with Gasteiger partial charge in [-0.1, -0.05) is 6.92 Å². The maximum absolute atomic E-state index is 12.9. The molecule has 23 heavy (non-hydrogen) atoms. The first-order valence-electron chi connectivity index (χ1n) is 8.48. The van der Waals surface area contributed by atoms with Crippen LogP contribution in [0.15, 0.2) is 6.20 Å².